The van der Waals surface area contributed by atoms with E-state index in [0.717, 1.165) is 54.6 Å². The number of aromatic nitrogens is 4. The van der Waals surface area contributed by atoms with Crippen LogP contribution in [0.1, 0.15) is 23.0 Å². The molecule has 7 nitrogen and oxygen atoms in total. The van der Waals surface area contributed by atoms with E-state index in [1.807, 2.05) is 47.1 Å². The third kappa shape index (κ3) is 4.77. The molecule has 0 radical (unpaired) electrons. The molecule has 1 aliphatic heterocycles. The zero-order valence-corrected chi connectivity index (χ0v) is 19.1. The standard InChI is InChI=1S/C26H27FN6O/c1-34-24-13-7-20(8-14-24)19-33-26(28-29-30-33)25(21-5-3-2-4-6-21)32-17-15-31(16-18-32)23-11-9-22(27)10-12-23/h2-14,25H,15-19H2,1H3/t25-/m1/s1. The Morgan fingerprint density at radius 1 is 0.882 bits per heavy atom. The highest BCUT2D eigenvalue weighted by Crippen LogP contribution is 2.29. The number of nitrogens with zero attached hydrogens (tertiary/aromatic N) is 6. The van der Waals surface area contributed by atoms with Crippen LogP contribution in [0.4, 0.5) is 10.1 Å². The van der Waals surface area contributed by atoms with E-state index in [-0.39, 0.29) is 11.9 Å². The summed E-state index contributed by atoms with van der Waals surface area (Å²) < 4.78 is 20.5. The summed E-state index contributed by atoms with van der Waals surface area (Å²) in [5.74, 6) is 1.43. The van der Waals surface area contributed by atoms with Gasteiger partial charge >= 0.3 is 0 Å². The molecule has 34 heavy (non-hydrogen) atoms. The maximum Gasteiger partial charge on any atom is 0.173 e. The summed E-state index contributed by atoms with van der Waals surface area (Å²) in [5.41, 5.74) is 3.30. The fourth-order valence-corrected chi connectivity index (χ4v) is 4.47. The van der Waals surface area contributed by atoms with E-state index in [4.69, 9.17) is 4.74 Å². The van der Waals surface area contributed by atoms with Crippen LogP contribution >= 0.6 is 0 Å². The molecule has 0 N–H and O–H groups in total. The summed E-state index contributed by atoms with van der Waals surface area (Å²) in [5, 5.41) is 12.8. The van der Waals surface area contributed by atoms with E-state index in [2.05, 4.69) is 49.6 Å². The van der Waals surface area contributed by atoms with E-state index in [1.165, 1.54) is 12.1 Å². The number of ether oxygens (including phenoxy) is 1. The van der Waals surface area contributed by atoms with Crippen LogP contribution in [0.5, 0.6) is 5.75 Å². The fourth-order valence-electron chi connectivity index (χ4n) is 4.47. The highest BCUT2D eigenvalue weighted by atomic mass is 19.1. The Hall–Kier alpha value is -3.78. The van der Waals surface area contributed by atoms with Crippen molar-refractivity contribution in [3.8, 4) is 5.75 Å². The second kappa shape index (κ2) is 10.0. The van der Waals surface area contributed by atoms with Gasteiger partial charge in [0.05, 0.1) is 19.7 Å². The minimum Gasteiger partial charge on any atom is -0.497 e. The smallest absolute Gasteiger partial charge is 0.173 e. The van der Waals surface area contributed by atoms with E-state index in [1.54, 1.807) is 7.11 Å². The van der Waals surface area contributed by atoms with E-state index >= 15 is 0 Å². The third-order valence-corrected chi connectivity index (χ3v) is 6.28. The van der Waals surface area contributed by atoms with Crippen molar-refractivity contribution < 1.29 is 9.13 Å². The van der Waals surface area contributed by atoms with Crippen LogP contribution in [0.2, 0.25) is 0 Å². The molecule has 1 fully saturated rings. The van der Waals surface area contributed by atoms with Gasteiger partial charge in [-0.05, 0) is 58.0 Å². The molecule has 1 atom stereocenters. The van der Waals surface area contributed by atoms with Gasteiger partial charge in [-0.25, -0.2) is 9.07 Å². The van der Waals surface area contributed by atoms with Crippen molar-refractivity contribution in [3.63, 3.8) is 0 Å². The van der Waals surface area contributed by atoms with Gasteiger partial charge in [-0.15, -0.1) is 5.10 Å². The minimum atomic E-state index is -0.213. The lowest BCUT2D eigenvalue weighted by Crippen LogP contribution is -2.48. The Bertz CT molecular complexity index is 1190. The molecule has 0 unspecified atom stereocenters. The number of piperazine rings is 1. The van der Waals surface area contributed by atoms with E-state index in [9.17, 15) is 4.39 Å². The Morgan fingerprint density at radius 2 is 1.59 bits per heavy atom. The topological polar surface area (TPSA) is 59.3 Å². The molecule has 8 heteroatoms. The average Bonchev–Trinajstić information content (AvgIpc) is 3.34. The summed E-state index contributed by atoms with van der Waals surface area (Å²) in [6.45, 7) is 3.94. The number of halogens is 1. The number of tetrazole rings is 1. The van der Waals surface area contributed by atoms with Crippen molar-refractivity contribution in [2.45, 2.75) is 12.6 Å². The fraction of sp³-hybridized carbons (Fsp3) is 0.269. The molecule has 1 saturated heterocycles. The van der Waals surface area contributed by atoms with Crippen LogP contribution in [-0.2, 0) is 6.54 Å². The first-order chi connectivity index (χ1) is 16.7. The lowest BCUT2D eigenvalue weighted by molar-refractivity contribution is 0.201. The number of anilines is 1. The van der Waals surface area contributed by atoms with Gasteiger partial charge in [0.2, 0.25) is 0 Å². The van der Waals surface area contributed by atoms with E-state index in [0.29, 0.717) is 6.54 Å². The monoisotopic (exact) mass is 458 g/mol. The Kier molecular flexibility index (Phi) is 6.49. The summed E-state index contributed by atoms with van der Waals surface area (Å²) in [6.07, 6.45) is 0. The van der Waals surface area contributed by atoms with Crippen LogP contribution in [0.3, 0.4) is 0 Å². The van der Waals surface area contributed by atoms with Gasteiger partial charge in [0.15, 0.2) is 5.82 Å². The Morgan fingerprint density at radius 3 is 2.26 bits per heavy atom. The minimum absolute atomic E-state index is 0.0650. The quantitative estimate of drug-likeness (QED) is 0.420. The third-order valence-electron chi connectivity index (χ3n) is 6.28. The van der Waals surface area contributed by atoms with Crippen molar-refractivity contribution in [1.29, 1.82) is 0 Å². The van der Waals surface area contributed by atoms with Gasteiger partial charge < -0.3 is 9.64 Å². The number of rotatable bonds is 7. The normalized spacial score (nSPS) is 15.3. The maximum atomic E-state index is 13.3. The first-order valence-electron chi connectivity index (χ1n) is 11.4. The number of benzene rings is 3. The summed E-state index contributed by atoms with van der Waals surface area (Å²) in [6, 6.07) is 25.0. The van der Waals surface area contributed by atoms with Gasteiger partial charge in [-0.3, -0.25) is 4.90 Å². The second-order valence-corrected chi connectivity index (χ2v) is 8.36. The molecule has 0 spiro atoms. The van der Waals surface area contributed by atoms with Crippen molar-refractivity contribution in [3.05, 3.63) is 102 Å². The average molecular weight is 459 g/mol. The molecular weight excluding hydrogens is 431 g/mol. The van der Waals surface area contributed by atoms with Crippen molar-refractivity contribution in [1.82, 2.24) is 25.1 Å². The maximum absolute atomic E-state index is 13.3. The molecule has 1 aliphatic rings. The first kappa shape index (κ1) is 22.0. The molecule has 3 aromatic carbocycles. The largest absolute Gasteiger partial charge is 0.497 e. The number of hydrogen-bond donors (Lipinski definition) is 0. The molecule has 4 aromatic rings. The van der Waals surface area contributed by atoms with Crippen molar-refractivity contribution in [2.24, 2.45) is 0 Å². The second-order valence-electron chi connectivity index (χ2n) is 8.36. The number of methoxy groups -OCH3 is 1. The summed E-state index contributed by atoms with van der Waals surface area (Å²) in [4.78, 5) is 4.71. The molecule has 5 rings (SSSR count). The first-order valence-corrected chi connectivity index (χ1v) is 11.4. The van der Waals surface area contributed by atoms with Crippen LogP contribution in [-0.4, -0.2) is 58.4 Å². The van der Waals surface area contributed by atoms with E-state index < -0.39 is 0 Å². The predicted molar refractivity (Wildman–Crippen MR) is 128 cm³/mol. The van der Waals surface area contributed by atoms with Crippen molar-refractivity contribution >= 4 is 5.69 Å². The summed E-state index contributed by atoms with van der Waals surface area (Å²) in [7, 11) is 1.66. The zero-order valence-electron chi connectivity index (χ0n) is 19.1. The van der Waals surface area contributed by atoms with Gasteiger partial charge in [0, 0.05) is 31.9 Å². The molecule has 0 bridgehead atoms. The Labute approximate surface area is 198 Å². The number of hydrogen-bond acceptors (Lipinski definition) is 6. The lowest BCUT2D eigenvalue weighted by atomic mass is 10.0. The van der Waals surface area contributed by atoms with Gasteiger partial charge in [0.25, 0.3) is 0 Å². The van der Waals surface area contributed by atoms with Crippen LogP contribution in [0.15, 0.2) is 78.9 Å². The molecular formula is C26H27FN6O. The molecule has 0 amide bonds. The van der Waals surface area contributed by atoms with Crippen molar-refractivity contribution in [2.75, 3.05) is 38.2 Å². The molecule has 2 heterocycles. The summed E-state index contributed by atoms with van der Waals surface area (Å²) >= 11 is 0. The molecule has 0 aliphatic carbocycles. The van der Waals surface area contributed by atoms with Crippen LogP contribution in [0.25, 0.3) is 0 Å². The molecule has 1 aromatic heterocycles. The SMILES string of the molecule is COc1ccc(Cn2nnnc2[C@@H](c2ccccc2)N2CCN(c3ccc(F)cc3)CC2)cc1. The predicted octanol–water partition coefficient (Wildman–Crippen LogP) is 3.78. The van der Waals surface area contributed by atoms with Crippen LogP contribution in [0, 0.1) is 5.82 Å². The van der Waals surface area contributed by atoms with Gasteiger partial charge in [-0.2, -0.15) is 0 Å². The van der Waals surface area contributed by atoms with Gasteiger partial charge in [-0.1, -0.05) is 42.5 Å². The lowest BCUT2D eigenvalue weighted by Gasteiger charge is -2.39. The molecule has 0 saturated carbocycles. The zero-order chi connectivity index (χ0) is 23.3. The van der Waals surface area contributed by atoms with Gasteiger partial charge in [0.1, 0.15) is 11.6 Å². The molecule has 174 valence electrons. The van der Waals surface area contributed by atoms with Crippen LogP contribution < -0.4 is 9.64 Å². The highest BCUT2D eigenvalue weighted by Gasteiger charge is 2.30. The Balaban J connectivity index is 1.39. The highest BCUT2D eigenvalue weighted by molar-refractivity contribution is 5.46.